The van der Waals surface area contributed by atoms with Crippen LogP contribution in [0.2, 0.25) is 0 Å². The van der Waals surface area contributed by atoms with Crippen molar-refractivity contribution in [2.75, 3.05) is 6.61 Å². The van der Waals surface area contributed by atoms with E-state index in [9.17, 15) is 19.8 Å². The van der Waals surface area contributed by atoms with Crippen LogP contribution in [-0.4, -0.2) is 49.1 Å². The molecule has 2 heterocycles. The van der Waals surface area contributed by atoms with Crippen LogP contribution in [0, 0.1) is 0 Å². The lowest BCUT2D eigenvalue weighted by Crippen LogP contribution is -2.46. The summed E-state index contributed by atoms with van der Waals surface area (Å²) in [7, 11) is -2.13. The highest BCUT2D eigenvalue weighted by atomic mass is 31.2. The van der Waals surface area contributed by atoms with Gasteiger partial charge in [0.05, 0.1) is 6.61 Å². The molecule has 0 spiro atoms. The predicted molar refractivity (Wildman–Crippen MR) is 71.1 cm³/mol. The number of ether oxygens (including phenoxy) is 1. The Hall–Kier alpha value is -1.13. The lowest BCUT2D eigenvalue weighted by atomic mass is 9.96. The summed E-state index contributed by atoms with van der Waals surface area (Å²) < 4.78 is 11.1. The fraction of sp³-hybridized carbons (Fsp3) is 0.600. The lowest BCUT2D eigenvalue weighted by Gasteiger charge is -2.27. The smallest absolute Gasteiger partial charge is 0.330 e. The number of nitrogens with two attached hydrogens (primary N) is 1. The Morgan fingerprint density at radius 2 is 2.29 bits per heavy atom. The molecule has 0 amide bonds. The number of H-pyrrole nitrogens is 1. The van der Waals surface area contributed by atoms with Gasteiger partial charge in [-0.3, -0.25) is 19.8 Å². The molecule has 0 aromatic carbocycles. The number of rotatable bonds is 4. The molecule has 1 aromatic heterocycles. The lowest BCUT2D eigenvalue weighted by molar-refractivity contribution is -0.0984. The number of hydrogen-bond donors (Lipinski definition) is 5. The van der Waals surface area contributed by atoms with E-state index in [-0.39, 0.29) is 6.61 Å². The van der Waals surface area contributed by atoms with Gasteiger partial charge < -0.3 is 24.4 Å². The van der Waals surface area contributed by atoms with Crippen molar-refractivity contribution in [3.05, 3.63) is 33.1 Å². The van der Waals surface area contributed by atoms with Crippen molar-refractivity contribution in [1.29, 1.82) is 0 Å². The fourth-order valence-electron chi connectivity index (χ4n) is 2.14. The Balaban J connectivity index is 2.27. The van der Waals surface area contributed by atoms with E-state index in [1.807, 2.05) is 4.98 Å². The summed E-state index contributed by atoms with van der Waals surface area (Å²) in [6.07, 6.45) is -2.45. The van der Waals surface area contributed by atoms with E-state index in [1.165, 1.54) is 6.92 Å². The first-order valence-corrected chi connectivity index (χ1v) is 7.25. The third-order valence-corrected chi connectivity index (χ3v) is 3.64. The molecule has 1 unspecified atom stereocenters. The summed E-state index contributed by atoms with van der Waals surface area (Å²) >= 11 is 0. The summed E-state index contributed by atoms with van der Waals surface area (Å²) in [5.74, 6) is 0. The highest BCUT2D eigenvalue weighted by Crippen LogP contribution is 2.38. The average molecular weight is 321 g/mol. The maximum atomic E-state index is 11.7. The molecule has 1 aliphatic rings. The van der Waals surface area contributed by atoms with Gasteiger partial charge in [0.2, 0.25) is 8.53 Å². The zero-order chi connectivity index (χ0) is 15.8. The minimum absolute atomic E-state index is 0.259. The van der Waals surface area contributed by atoms with E-state index >= 15 is 0 Å². The molecule has 10 nitrogen and oxygen atoms in total. The first-order chi connectivity index (χ1) is 9.73. The summed E-state index contributed by atoms with van der Waals surface area (Å²) in [6.45, 7) is 1.02. The fourth-order valence-corrected chi connectivity index (χ4v) is 2.44. The minimum Gasteiger partial charge on any atom is -0.387 e. The largest absolute Gasteiger partial charge is 0.387 e. The zero-order valence-corrected chi connectivity index (χ0v) is 11.9. The Bertz CT molecular complexity index is 613. The molecule has 2 rings (SSSR count). The van der Waals surface area contributed by atoms with Gasteiger partial charge in [0, 0.05) is 12.3 Å². The van der Waals surface area contributed by atoms with Crippen molar-refractivity contribution in [2.45, 2.75) is 31.0 Å². The van der Waals surface area contributed by atoms with Gasteiger partial charge in [0.15, 0.2) is 6.23 Å². The Labute approximate surface area is 119 Å². The number of aromatic amines is 1. The number of aliphatic hydroxyl groups is 2. The molecule has 0 aliphatic carbocycles. The minimum atomic E-state index is -2.13. The van der Waals surface area contributed by atoms with Gasteiger partial charge in [0.25, 0.3) is 5.56 Å². The first-order valence-electron chi connectivity index (χ1n) is 5.97. The second kappa shape index (κ2) is 5.93. The molecule has 1 saturated heterocycles. The molecule has 5 atom stereocenters. The van der Waals surface area contributed by atoms with Crippen molar-refractivity contribution in [3.63, 3.8) is 0 Å². The van der Waals surface area contributed by atoms with Crippen molar-refractivity contribution < 1.29 is 24.4 Å². The molecule has 0 bridgehead atoms. The van der Waals surface area contributed by atoms with Gasteiger partial charge in [-0.25, -0.2) is 4.79 Å². The molecule has 118 valence electrons. The summed E-state index contributed by atoms with van der Waals surface area (Å²) in [4.78, 5) is 33.7. The van der Waals surface area contributed by atoms with Gasteiger partial charge in [-0.05, 0) is 6.92 Å². The number of nitrogens with one attached hydrogen (secondary N) is 1. The van der Waals surface area contributed by atoms with Crippen molar-refractivity contribution in [1.82, 2.24) is 9.55 Å². The maximum absolute atomic E-state index is 11.7. The molecule has 1 aliphatic heterocycles. The van der Waals surface area contributed by atoms with Crippen LogP contribution < -0.4 is 16.8 Å². The monoisotopic (exact) mass is 321 g/mol. The Morgan fingerprint density at radius 1 is 1.62 bits per heavy atom. The normalized spacial score (nSPS) is 34.0. The SMILES string of the molecule is C[C@@]1(O)[C@H](O)[C@@H](COP(N)O)O[C@H]1n1ccc(=O)[nH]c1=O. The van der Waals surface area contributed by atoms with Crippen LogP contribution in [0.4, 0.5) is 0 Å². The average Bonchev–Trinajstić information content (AvgIpc) is 2.60. The molecule has 6 N–H and O–H groups in total. The molecular weight excluding hydrogens is 305 g/mol. The van der Waals surface area contributed by atoms with Gasteiger partial charge in [0.1, 0.15) is 17.8 Å². The molecule has 0 radical (unpaired) electrons. The standard InChI is InChI=1S/C10H16N3O7P/c1-10(17)7(15)5(4-19-21(11)18)20-8(10)13-3-2-6(14)12-9(13)16/h2-3,5,7-8,15,17-18H,4,11H2,1H3,(H,12,14,16)/t5-,7-,8-,10-,21?/m1/s1. The zero-order valence-electron chi connectivity index (χ0n) is 11.0. The molecule has 1 aromatic rings. The van der Waals surface area contributed by atoms with Crippen LogP contribution in [0.25, 0.3) is 0 Å². The molecule has 0 saturated carbocycles. The number of aromatic nitrogens is 2. The van der Waals surface area contributed by atoms with Gasteiger partial charge in [-0.1, -0.05) is 0 Å². The summed E-state index contributed by atoms with van der Waals surface area (Å²) in [6, 6.07) is 1.09. The van der Waals surface area contributed by atoms with Gasteiger partial charge >= 0.3 is 5.69 Å². The Kier molecular flexibility index (Phi) is 4.59. The number of hydrogen-bond acceptors (Lipinski definition) is 8. The van der Waals surface area contributed by atoms with Crippen LogP contribution in [0.5, 0.6) is 0 Å². The van der Waals surface area contributed by atoms with E-state index in [0.717, 1.165) is 16.8 Å². The molecule has 11 heteroatoms. The van der Waals surface area contributed by atoms with Crippen molar-refractivity contribution in [2.24, 2.45) is 5.50 Å². The topological polar surface area (TPSA) is 160 Å². The van der Waals surface area contributed by atoms with E-state index in [4.69, 9.17) is 19.7 Å². The maximum Gasteiger partial charge on any atom is 0.330 e. The second-order valence-corrected chi connectivity index (χ2v) is 5.68. The van der Waals surface area contributed by atoms with E-state index < -0.39 is 43.8 Å². The van der Waals surface area contributed by atoms with E-state index in [1.54, 1.807) is 0 Å². The highest BCUT2D eigenvalue weighted by molar-refractivity contribution is 7.43. The third-order valence-electron chi connectivity index (χ3n) is 3.23. The van der Waals surface area contributed by atoms with E-state index in [0.29, 0.717) is 0 Å². The quantitative estimate of drug-likeness (QED) is 0.388. The molecule has 21 heavy (non-hydrogen) atoms. The molecule has 1 fully saturated rings. The highest BCUT2D eigenvalue weighted by Gasteiger charge is 2.53. The van der Waals surface area contributed by atoms with Crippen LogP contribution in [0.1, 0.15) is 13.2 Å². The van der Waals surface area contributed by atoms with Crippen LogP contribution in [-0.2, 0) is 9.26 Å². The Morgan fingerprint density at radius 3 is 2.86 bits per heavy atom. The van der Waals surface area contributed by atoms with Crippen LogP contribution in [0.3, 0.4) is 0 Å². The second-order valence-electron chi connectivity index (χ2n) is 4.81. The van der Waals surface area contributed by atoms with Gasteiger partial charge in [-0.15, -0.1) is 0 Å². The predicted octanol–water partition coefficient (Wildman–Crippen LogP) is -2.26. The van der Waals surface area contributed by atoms with Crippen LogP contribution >= 0.6 is 8.53 Å². The van der Waals surface area contributed by atoms with Crippen LogP contribution in [0.15, 0.2) is 21.9 Å². The summed E-state index contributed by atoms with van der Waals surface area (Å²) in [5, 5.41) is 20.4. The number of aliphatic hydroxyl groups excluding tert-OH is 1. The molecular formula is C10H16N3O7P. The number of nitrogens with zero attached hydrogens (tertiary/aromatic N) is 1. The van der Waals surface area contributed by atoms with E-state index in [2.05, 4.69) is 0 Å². The summed E-state index contributed by atoms with van der Waals surface area (Å²) in [5.41, 5.74) is 1.89. The van der Waals surface area contributed by atoms with Crippen molar-refractivity contribution in [3.8, 4) is 0 Å². The first kappa shape index (κ1) is 16.2. The van der Waals surface area contributed by atoms with Crippen molar-refractivity contribution >= 4 is 8.53 Å². The third kappa shape index (κ3) is 3.22. The van der Waals surface area contributed by atoms with Gasteiger partial charge in [-0.2, -0.15) is 0 Å².